The van der Waals surface area contributed by atoms with Crippen molar-refractivity contribution in [3.63, 3.8) is 0 Å². The van der Waals surface area contributed by atoms with Crippen LogP contribution >= 0.6 is 0 Å². The molecule has 0 saturated carbocycles. The summed E-state index contributed by atoms with van der Waals surface area (Å²) in [6.07, 6.45) is 1.39. The Morgan fingerprint density at radius 2 is 2.06 bits per heavy atom. The van der Waals surface area contributed by atoms with E-state index in [2.05, 4.69) is 10.5 Å². The number of hydrazone groups is 1. The number of nitrogens with zero attached hydrogens (tertiary/aromatic N) is 1. The fourth-order valence-electron chi connectivity index (χ4n) is 1.35. The monoisotopic (exact) mass is 222 g/mol. The van der Waals surface area contributed by atoms with Crippen molar-refractivity contribution < 1.29 is 13.9 Å². The van der Waals surface area contributed by atoms with Crippen LogP contribution in [0.5, 0.6) is 0 Å². The molecule has 0 bridgehead atoms. The van der Waals surface area contributed by atoms with Crippen LogP contribution < -0.4 is 5.43 Å². The Balaban J connectivity index is 2.02. The molecular weight excluding hydrogens is 211 g/mol. The minimum atomic E-state index is -0.388. The number of benzene rings is 1. The third kappa shape index (κ3) is 2.56. The third-order valence-corrected chi connectivity index (χ3v) is 2.19. The van der Waals surface area contributed by atoms with E-state index >= 15 is 0 Å². The first kappa shape index (κ1) is 10.6. The average molecular weight is 222 g/mol. The quantitative estimate of drug-likeness (QED) is 0.614. The lowest BCUT2D eigenvalue weighted by molar-refractivity contribution is -0.137. The fourth-order valence-corrected chi connectivity index (χ4v) is 1.35. The number of cyclic esters (lactones) is 1. The van der Waals surface area contributed by atoms with E-state index in [1.54, 1.807) is 12.1 Å². The van der Waals surface area contributed by atoms with Gasteiger partial charge in [0, 0.05) is 6.42 Å². The van der Waals surface area contributed by atoms with Crippen LogP contribution in [0.2, 0.25) is 0 Å². The maximum absolute atomic E-state index is 12.6. The van der Waals surface area contributed by atoms with Gasteiger partial charge in [-0.1, -0.05) is 0 Å². The van der Waals surface area contributed by atoms with Crippen LogP contribution in [-0.2, 0) is 9.53 Å². The van der Waals surface area contributed by atoms with Gasteiger partial charge in [-0.25, -0.2) is 9.18 Å². The van der Waals surface area contributed by atoms with Crippen LogP contribution in [0.15, 0.2) is 29.4 Å². The molecule has 1 aliphatic heterocycles. The first-order valence-electron chi connectivity index (χ1n) is 5.01. The number of carbonyl (C=O) groups is 1. The summed E-state index contributed by atoms with van der Waals surface area (Å²) in [6, 6.07) is 5.74. The zero-order valence-electron chi connectivity index (χ0n) is 8.57. The van der Waals surface area contributed by atoms with E-state index in [9.17, 15) is 9.18 Å². The second-order valence-electron chi connectivity index (χ2n) is 3.42. The number of rotatable bonds is 2. The smallest absolute Gasteiger partial charge is 0.354 e. The van der Waals surface area contributed by atoms with Gasteiger partial charge in [0.25, 0.3) is 0 Å². The highest BCUT2D eigenvalue weighted by Gasteiger charge is 2.17. The van der Waals surface area contributed by atoms with Crippen molar-refractivity contribution in [1.29, 1.82) is 0 Å². The summed E-state index contributed by atoms with van der Waals surface area (Å²) in [5, 5.41) is 3.93. The van der Waals surface area contributed by atoms with E-state index in [-0.39, 0.29) is 11.8 Å². The fraction of sp³-hybridized carbons (Fsp3) is 0.273. The van der Waals surface area contributed by atoms with E-state index in [1.165, 1.54) is 12.1 Å². The summed E-state index contributed by atoms with van der Waals surface area (Å²) >= 11 is 0. The molecule has 1 N–H and O–H groups in total. The van der Waals surface area contributed by atoms with Gasteiger partial charge in [0.2, 0.25) is 0 Å². The summed E-state index contributed by atoms with van der Waals surface area (Å²) in [5.74, 6) is -0.698. The van der Waals surface area contributed by atoms with E-state index in [4.69, 9.17) is 4.74 Å². The number of esters is 1. The number of hydrogen-bond donors (Lipinski definition) is 1. The Labute approximate surface area is 92.1 Å². The normalized spacial score (nSPS) is 18.3. The highest BCUT2D eigenvalue weighted by Crippen LogP contribution is 2.10. The minimum absolute atomic E-state index is 0.310. The van der Waals surface area contributed by atoms with Gasteiger partial charge in [0.1, 0.15) is 11.5 Å². The van der Waals surface area contributed by atoms with Gasteiger partial charge in [-0.2, -0.15) is 5.10 Å². The molecule has 1 aliphatic rings. The molecular formula is C11H11FN2O2. The molecule has 1 aromatic rings. The lowest BCUT2D eigenvalue weighted by Crippen LogP contribution is -2.24. The van der Waals surface area contributed by atoms with E-state index in [1.807, 2.05) is 0 Å². The molecule has 0 atom stereocenters. The third-order valence-electron chi connectivity index (χ3n) is 2.19. The Morgan fingerprint density at radius 1 is 1.31 bits per heavy atom. The molecule has 1 heterocycles. The summed E-state index contributed by atoms with van der Waals surface area (Å²) < 4.78 is 17.4. The lowest BCUT2D eigenvalue weighted by Gasteiger charge is -2.12. The zero-order chi connectivity index (χ0) is 11.4. The second-order valence-corrected chi connectivity index (χ2v) is 3.42. The summed E-state index contributed by atoms with van der Waals surface area (Å²) in [5.41, 5.74) is 3.70. The molecule has 16 heavy (non-hydrogen) atoms. The molecule has 0 amide bonds. The number of anilines is 1. The number of halogens is 1. The Bertz CT molecular complexity index is 414. The molecule has 84 valence electrons. The van der Waals surface area contributed by atoms with E-state index in [0.29, 0.717) is 24.4 Å². The van der Waals surface area contributed by atoms with Crippen molar-refractivity contribution in [2.24, 2.45) is 5.10 Å². The van der Waals surface area contributed by atoms with Gasteiger partial charge in [-0.3, -0.25) is 5.43 Å². The maximum Gasteiger partial charge on any atom is 0.354 e. The van der Waals surface area contributed by atoms with Crippen molar-refractivity contribution >= 4 is 17.4 Å². The van der Waals surface area contributed by atoms with Gasteiger partial charge in [-0.15, -0.1) is 0 Å². The topological polar surface area (TPSA) is 50.7 Å². The van der Waals surface area contributed by atoms with Crippen molar-refractivity contribution in [2.75, 3.05) is 12.0 Å². The predicted octanol–water partition coefficient (Wildman–Crippen LogP) is 1.93. The summed E-state index contributed by atoms with van der Waals surface area (Å²) in [4.78, 5) is 11.2. The Hall–Kier alpha value is -1.91. The Morgan fingerprint density at radius 3 is 2.75 bits per heavy atom. The van der Waals surface area contributed by atoms with Crippen LogP contribution in [0, 0.1) is 5.82 Å². The molecule has 0 aromatic heterocycles. The van der Waals surface area contributed by atoms with Crippen LogP contribution in [0.4, 0.5) is 10.1 Å². The lowest BCUT2D eigenvalue weighted by atomic mass is 10.2. The number of ether oxygens (including phenoxy) is 1. The SMILES string of the molecule is O=C1OCCCC1=NNc1ccc(F)cc1. The van der Waals surface area contributed by atoms with Crippen LogP contribution in [0.25, 0.3) is 0 Å². The molecule has 1 saturated heterocycles. The largest absolute Gasteiger partial charge is 0.461 e. The standard InChI is InChI=1S/C11H11FN2O2/c12-8-3-5-9(6-4-8)13-14-10-2-1-7-16-11(10)15/h3-6,13H,1-2,7H2. The van der Waals surface area contributed by atoms with Gasteiger partial charge in [0.15, 0.2) is 0 Å². The van der Waals surface area contributed by atoms with Crippen LogP contribution in [-0.4, -0.2) is 18.3 Å². The van der Waals surface area contributed by atoms with Crippen LogP contribution in [0.3, 0.4) is 0 Å². The summed E-state index contributed by atoms with van der Waals surface area (Å²) in [7, 11) is 0. The van der Waals surface area contributed by atoms with Gasteiger partial charge in [0.05, 0.1) is 12.3 Å². The first-order chi connectivity index (χ1) is 7.75. The van der Waals surface area contributed by atoms with Crippen molar-refractivity contribution in [3.8, 4) is 0 Å². The molecule has 0 radical (unpaired) electrons. The summed E-state index contributed by atoms with van der Waals surface area (Å²) in [6.45, 7) is 0.453. The van der Waals surface area contributed by atoms with Gasteiger partial charge < -0.3 is 4.74 Å². The highest BCUT2D eigenvalue weighted by molar-refractivity contribution is 6.36. The number of carbonyl (C=O) groups excluding carboxylic acids is 1. The van der Waals surface area contributed by atoms with Crippen molar-refractivity contribution in [1.82, 2.24) is 0 Å². The predicted molar refractivity (Wildman–Crippen MR) is 57.7 cm³/mol. The molecule has 0 aliphatic carbocycles. The molecule has 2 rings (SSSR count). The number of nitrogens with one attached hydrogen (secondary N) is 1. The van der Waals surface area contributed by atoms with Crippen molar-refractivity contribution in [3.05, 3.63) is 30.1 Å². The molecule has 5 heteroatoms. The molecule has 0 unspecified atom stereocenters. The van der Waals surface area contributed by atoms with E-state index in [0.717, 1.165) is 6.42 Å². The Kier molecular flexibility index (Phi) is 3.14. The van der Waals surface area contributed by atoms with Gasteiger partial charge in [-0.05, 0) is 30.7 Å². The maximum atomic E-state index is 12.6. The second kappa shape index (κ2) is 4.74. The minimum Gasteiger partial charge on any atom is -0.461 e. The van der Waals surface area contributed by atoms with Crippen molar-refractivity contribution in [2.45, 2.75) is 12.8 Å². The van der Waals surface area contributed by atoms with Gasteiger partial charge >= 0.3 is 5.97 Å². The average Bonchev–Trinajstić information content (AvgIpc) is 2.30. The first-order valence-corrected chi connectivity index (χ1v) is 5.01. The molecule has 1 aromatic carbocycles. The number of hydrogen-bond acceptors (Lipinski definition) is 4. The van der Waals surface area contributed by atoms with E-state index < -0.39 is 0 Å². The highest BCUT2D eigenvalue weighted by atomic mass is 19.1. The molecule has 1 fully saturated rings. The molecule has 0 spiro atoms. The zero-order valence-corrected chi connectivity index (χ0v) is 8.57. The van der Waals surface area contributed by atoms with Crippen LogP contribution in [0.1, 0.15) is 12.8 Å². The molecule has 4 nitrogen and oxygen atoms in total.